The summed E-state index contributed by atoms with van der Waals surface area (Å²) in [7, 11) is 3.10. The quantitative estimate of drug-likeness (QED) is 0.448. The Kier molecular flexibility index (Phi) is 5.98. The smallest absolute Gasteiger partial charge is 0.266 e. The molecule has 1 aromatic heterocycles. The molecule has 0 radical (unpaired) electrons. The number of hydrogen-bond donors (Lipinski definition) is 0. The lowest BCUT2D eigenvalue weighted by molar-refractivity contribution is -0.123. The van der Waals surface area contributed by atoms with Gasteiger partial charge in [-0.15, -0.1) is 0 Å². The molecule has 0 aliphatic rings. The molecule has 0 aliphatic heterocycles. The molecule has 29 heavy (non-hydrogen) atoms. The highest BCUT2D eigenvalue weighted by Gasteiger charge is 2.23. The Labute approximate surface area is 173 Å². The zero-order chi connectivity index (χ0) is 21.2. The number of nitrogens with zero attached hydrogens (tertiary/aromatic N) is 2. The van der Waals surface area contributed by atoms with E-state index < -0.39 is 5.41 Å². The van der Waals surface area contributed by atoms with Crippen LogP contribution in [0.5, 0.6) is 11.5 Å². The van der Waals surface area contributed by atoms with Gasteiger partial charge in [0.05, 0.1) is 36.6 Å². The van der Waals surface area contributed by atoms with Crippen LogP contribution in [0.25, 0.3) is 16.6 Å². The number of para-hydroxylation sites is 1. The van der Waals surface area contributed by atoms with Gasteiger partial charge in [-0.25, -0.2) is 4.98 Å². The van der Waals surface area contributed by atoms with E-state index in [1.165, 1.54) is 16.3 Å². The van der Waals surface area contributed by atoms with Crippen LogP contribution < -0.4 is 15.0 Å². The first-order chi connectivity index (χ1) is 13.8. The van der Waals surface area contributed by atoms with E-state index in [4.69, 9.17) is 9.47 Å². The summed E-state index contributed by atoms with van der Waals surface area (Å²) in [6.07, 6.45) is 0. The summed E-state index contributed by atoms with van der Waals surface area (Å²) in [6.45, 7) is 5.64. The number of Topliss-reactive ketones (excluding diaryl/α,β-unsaturated/α-hetero) is 1. The van der Waals surface area contributed by atoms with E-state index >= 15 is 0 Å². The van der Waals surface area contributed by atoms with Gasteiger partial charge >= 0.3 is 0 Å². The largest absolute Gasteiger partial charge is 0.493 e. The first-order valence-corrected chi connectivity index (χ1v) is 10.1. The van der Waals surface area contributed by atoms with Crippen LogP contribution in [0.15, 0.2) is 52.4 Å². The average molecular weight is 413 g/mol. The molecule has 0 bridgehead atoms. The fraction of sp³-hybridized carbons (Fsp3) is 0.318. The molecule has 1 heterocycles. The zero-order valence-electron chi connectivity index (χ0n) is 17.2. The fourth-order valence-corrected chi connectivity index (χ4v) is 3.92. The van der Waals surface area contributed by atoms with Gasteiger partial charge < -0.3 is 9.47 Å². The van der Waals surface area contributed by atoms with Crippen LogP contribution in [0.4, 0.5) is 0 Å². The molecule has 0 saturated carbocycles. The monoisotopic (exact) mass is 412 g/mol. The minimum Gasteiger partial charge on any atom is -0.493 e. The van der Waals surface area contributed by atoms with Crippen LogP contribution in [-0.2, 0) is 4.79 Å². The summed E-state index contributed by atoms with van der Waals surface area (Å²) in [6, 6.07) is 12.4. The second-order valence-electron chi connectivity index (χ2n) is 7.55. The molecule has 2 aromatic carbocycles. The third-order valence-electron chi connectivity index (χ3n) is 4.54. The lowest BCUT2D eigenvalue weighted by atomic mass is 9.92. The van der Waals surface area contributed by atoms with Crippen molar-refractivity contribution in [2.75, 3.05) is 20.0 Å². The topological polar surface area (TPSA) is 70.4 Å². The van der Waals surface area contributed by atoms with Crippen LogP contribution in [-0.4, -0.2) is 35.3 Å². The molecule has 0 amide bonds. The first-order valence-electron chi connectivity index (χ1n) is 9.16. The molecule has 3 aromatic rings. The first kappa shape index (κ1) is 20.9. The number of fused-ring (bicyclic) bond motifs is 1. The maximum atomic E-state index is 13.3. The molecule has 0 spiro atoms. The molecular formula is C22H24N2O4S. The minimum atomic E-state index is -0.460. The van der Waals surface area contributed by atoms with Gasteiger partial charge in [0, 0.05) is 11.5 Å². The zero-order valence-corrected chi connectivity index (χ0v) is 18.0. The van der Waals surface area contributed by atoms with Crippen molar-refractivity contribution in [3.63, 3.8) is 0 Å². The molecule has 0 saturated heterocycles. The van der Waals surface area contributed by atoms with E-state index in [-0.39, 0.29) is 17.1 Å². The van der Waals surface area contributed by atoms with Crippen molar-refractivity contribution in [2.45, 2.75) is 25.9 Å². The van der Waals surface area contributed by atoms with Crippen molar-refractivity contribution >= 4 is 28.4 Å². The van der Waals surface area contributed by atoms with Gasteiger partial charge in [0.15, 0.2) is 16.7 Å². The predicted octanol–water partition coefficient (Wildman–Crippen LogP) is 4.11. The summed E-state index contributed by atoms with van der Waals surface area (Å²) < 4.78 is 12.2. The lowest BCUT2D eigenvalue weighted by Crippen LogP contribution is -2.25. The van der Waals surface area contributed by atoms with Crippen molar-refractivity contribution < 1.29 is 14.3 Å². The van der Waals surface area contributed by atoms with Gasteiger partial charge in [-0.1, -0.05) is 44.7 Å². The standard InChI is InChI=1S/C22H24N2O4S/c1-22(2,3)19(25)13-29-21-23-16-9-7-6-8-15(16)20(26)24(21)14-10-11-17(27-4)18(12-14)28-5/h6-12H,13H2,1-5H3. The number of benzene rings is 2. The van der Waals surface area contributed by atoms with E-state index in [0.29, 0.717) is 33.2 Å². The van der Waals surface area contributed by atoms with E-state index in [1.54, 1.807) is 50.6 Å². The molecule has 0 unspecified atom stereocenters. The number of thioether (sulfide) groups is 1. The van der Waals surface area contributed by atoms with Crippen molar-refractivity contribution in [1.82, 2.24) is 9.55 Å². The molecule has 0 aliphatic carbocycles. The van der Waals surface area contributed by atoms with Crippen LogP contribution >= 0.6 is 11.8 Å². The molecule has 0 fully saturated rings. The number of hydrogen-bond acceptors (Lipinski definition) is 6. The highest BCUT2D eigenvalue weighted by Crippen LogP contribution is 2.31. The average Bonchev–Trinajstić information content (AvgIpc) is 2.71. The van der Waals surface area contributed by atoms with Gasteiger partial charge in [-0.05, 0) is 24.3 Å². The lowest BCUT2D eigenvalue weighted by Gasteiger charge is -2.18. The van der Waals surface area contributed by atoms with Crippen molar-refractivity contribution in [1.29, 1.82) is 0 Å². The normalized spacial score (nSPS) is 11.5. The Morgan fingerprint density at radius 3 is 2.41 bits per heavy atom. The van der Waals surface area contributed by atoms with E-state index in [1.807, 2.05) is 26.8 Å². The third-order valence-corrected chi connectivity index (χ3v) is 5.48. The van der Waals surface area contributed by atoms with Gasteiger partial charge in [-0.2, -0.15) is 0 Å². The van der Waals surface area contributed by atoms with Crippen LogP contribution in [0, 0.1) is 5.41 Å². The number of carbonyl (C=O) groups excluding carboxylic acids is 1. The van der Waals surface area contributed by atoms with E-state index in [9.17, 15) is 9.59 Å². The van der Waals surface area contributed by atoms with Crippen molar-refractivity contribution in [2.24, 2.45) is 5.41 Å². The molecule has 152 valence electrons. The van der Waals surface area contributed by atoms with Crippen molar-refractivity contribution in [3.8, 4) is 17.2 Å². The third kappa shape index (κ3) is 4.29. The summed E-state index contributed by atoms with van der Waals surface area (Å²) >= 11 is 1.26. The van der Waals surface area contributed by atoms with Gasteiger partial charge in [0.2, 0.25) is 0 Å². The van der Waals surface area contributed by atoms with E-state index in [0.717, 1.165) is 0 Å². The molecule has 0 N–H and O–H groups in total. The Balaban J connectivity index is 2.17. The SMILES string of the molecule is COc1ccc(-n2c(SCC(=O)C(C)(C)C)nc3ccccc3c2=O)cc1OC. The van der Waals surface area contributed by atoms with Crippen LogP contribution in [0.2, 0.25) is 0 Å². The number of ether oxygens (including phenoxy) is 2. The van der Waals surface area contributed by atoms with Gasteiger partial charge in [0.1, 0.15) is 5.78 Å². The highest BCUT2D eigenvalue weighted by molar-refractivity contribution is 7.99. The summed E-state index contributed by atoms with van der Waals surface area (Å²) in [4.78, 5) is 30.4. The number of carbonyl (C=O) groups is 1. The molecular weight excluding hydrogens is 388 g/mol. The number of methoxy groups -OCH3 is 2. The summed E-state index contributed by atoms with van der Waals surface area (Å²) in [5, 5.41) is 0.965. The molecule has 6 nitrogen and oxygen atoms in total. The minimum absolute atomic E-state index is 0.0868. The van der Waals surface area contributed by atoms with Crippen LogP contribution in [0.3, 0.4) is 0 Å². The molecule has 0 atom stereocenters. The van der Waals surface area contributed by atoms with Gasteiger partial charge in [0.25, 0.3) is 5.56 Å². The van der Waals surface area contributed by atoms with Crippen molar-refractivity contribution in [3.05, 3.63) is 52.8 Å². The predicted molar refractivity (Wildman–Crippen MR) is 116 cm³/mol. The van der Waals surface area contributed by atoms with E-state index in [2.05, 4.69) is 4.98 Å². The number of ketones is 1. The molecule has 7 heteroatoms. The maximum Gasteiger partial charge on any atom is 0.266 e. The highest BCUT2D eigenvalue weighted by atomic mass is 32.2. The van der Waals surface area contributed by atoms with Crippen LogP contribution in [0.1, 0.15) is 20.8 Å². The second-order valence-corrected chi connectivity index (χ2v) is 8.50. The Hall–Kier alpha value is -2.80. The number of aromatic nitrogens is 2. The second kappa shape index (κ2) is 8.29. The van der Waals surface area contributed by atoms with Gasteiger partial charge in [-0.3, -0.25) is 14.2 Å². The number of rotatable bonds is 6. The Morgan fingerprint density at radius 1 is 1.07 bits per heavy atom. The fourth-order valence-electron chi connectivity index (χ4n) is 2.75. The molecule has 3 rings (SSSR count). The maximum absolute atomic E-state index is 13.3. The summed E-state index contributed by atoms with van der Waals surface area (Å²) in [5.41, 5.74) is 0.531. The Morgan fingerprint density at radius 2 is 1.76 bits per heavy atom. The summed E-state index contributed by atoms with van der Waals surface area (Å²) in [5.74, 6) is 1.38. The Bertz CT molecular complexity index is 1120.